The molecule has 0 fully saturated rings. The van der Waals surface area contributed by atoms with E-state index in [1.54, 1.807) is 34.6 Å². The third-order valence-electron chi connectivity index (χ3n) is 4.10. The van der Waals surface area contributed by atoms with E-state index in [0.717, 1.165) is 9.60 Å². The first-order valence-electron chi connectivity index (χ1n) is 9.72. The van der Waals surface area contributed by atoms with E-state index in [1.165, 1.54) is 11.3 Å². The number of rotatable bonds is 7. The summed E-state index contributed by atoms with van der Waals surface area (Å²) in [5.74, 6) is -2.38. The van der Waals surface area contributed by atoms with Gasteiger partial charge in [0.05, 0.1) is 29.0 Å². The van der Waals surface area contributed by atoms with Gasteiger partial charge in [0.15, 0.2) is 16.9 Å². The Kier molecular flexibility index (Phi) is 6.40. The molecule has 9 heteroatoms. The molecule has 2 aromatic rings. The predicted molar refractivity (Wildman–Crippen MR) is 112 cm³/mol. The van der Waals surface area contributed by atoms with Crippen LogP contribution in [0.2, 0.25) is 0 Å². The number of esters is 2. The van der Waals surface area contributed by atoms with Crippen LogP contribution in [-0.4, -0.2) is 47.7 Å². The number of aromatic nitrogens is 1. The van der Waals surface area contributed by atoms with Crippen LogP contribution in [0, 0.1) is 0 Å². The van der Waals surface area contributed by atoms with Crippen molar-refractivity contribution < 1.29 is 28.6 Å². The van der Waals surface area contributed by atoms with E-state index in [9.17, 15) is 14.4 Å². The molecule has 0 spiro atoms. The molecule has 1 unspecified atom stereocenters. The highest BCUT2D eigenvalue weighted by atomic mass is 32.1. The Morgan fingerprint density at radius 3 is 2.40 bits per heavy atom. The number of amides is 1. The van der Waals surface area contributed by atoms with Crippen molar-refractivity contribution in [2.24, 2.45) is 0 Å². The molecule has 30 heavy (non-hydrogen) atoms. The fourth-order valence-corrected chi connectivity index (χ4v) is 4.03. The summed E-state index contributed by atoms with van der Waals surface area (Å²) in [4.78, 5) is 44.8. The highest BCUT2D eigenvalue weighted by molar-refractivity contribution is 7.22. The average Bonchev–Trinajstić information content (AvgIpc) is 3.20. The molecule has 1 aliphatic rings. The first-order chi connectivity index (χ1) is 14.2. The number of benzene rings is 1. The minimum absolute atomic E-state index is 0.138. The van der Waals surface area contributed by atoms with Crippen molar-refractivity contribution in [1.29, 1.82) is 0 Å². The molecule has 0 bridgehead atoms. The number of ether oxygens (including phenoxy) is 3. The highest BCUT2D eigenvalue weighted by Gasteiger charge is 2.51. The van der Waals surface area contributed by atoms with Crippen LogP contribution in [0.4, 0.5) is 5.13 Å². The van der Waals surface area contributed by atoms with Gasteiger partial charge in [-0.15, -0.1) is 0 Å². The summed E-state index contributed by atoms with van der Waals surface area (Å²) in [5, 5.41) is 0.274. The van der Waals surface area contributed by atoms with Crippen LogP contribution in [-0.2, 0) is 28.6 Å². The second kappa shape index (κ2) is 8.83. The fourth-order valence-electron chi connectivity index (χ4n) is 3.04. The number of nitrogens with zero attached hydrogens (tertiary/aromatic N) is 2. The number of hydrogen-bond donors (Lipinski definition) is 0. The van der Waals surface area contributed by atoms with Crippen LogP contribution in [0.1, 0.15) is 34.6 Å². The zero-order valence-electron chi connectivity index (χ0n) is 17.5. The lowest BCUT2D eigenvalue weighted by molar-refractivity contribution is -0.151. The normalized spacial score (nSPS) is 16.7. The Morgan fingerprint density at radius 2 is 1.80 bits per heavy atom. The molecule has 0 saturated carbocycles. The van der Waals surface area contributed by atoms with Crippen LogP contribution < -0.4 is 4.90 Å². The fraction of sp³-hybridized carbons (Fsp3) is 0.429. The lowest BCUT2D eigenvalue weighted by atomic mass is 10.1. The van der Waals surface area contributed by atoms with Gasteiger partial charge in [-0.3, -0.25) is 9.69 Å². The van der Waals surface area contributed by atoms with E-state index >= 15 is 0 Å². The lowest BCUT2D eigenvalue weighted by Gasteiger charge is -2.23. The standard InChI is InChI=1S/C21H24N2O6S/c1-6-27-17-15(19(25)28-11(2)3)16(20(26)29-12(4)5)23(18(17)24)21-22-13-9-7-8-10-14(13)30-21/h7-12,16H,6H2,1-5H3. The first kappa shape index (κ1) is 21.8. The van der Waals surface area contributed by atoms with E-state index in [1.807, 2.05) is 24.3 Å². The number of hydrogen-bond acceptors (Lipinski definition) is 8. The molecule has 1 aromatic carbocycles. The maximum absolute atomic E-state index is 13.3. The first-order valence-corrected chi connectivity index (χ1v) is 10.5. The smallest absolute Gasteiger partial charge is 0.341 e. The van der Waals surface area contributed by atoms with Gasteiger partial charge in [-0.25, -0.2) is 14.6 Å². The van der Waals surface area contributed by atoms with Crippen molar-refractivity contribution in [3.8, 4) is 0 Å². The summed E-state index contributed by atoms with van der Waals surface area (Å²) in [7, 11) is 0. The summed E-state index contributed by atoms with van der Waals surface area (Å²) >= 11 is 1.24. The van der Waals surface area contributed by atoms with Gasteiger partial charge in [-0.2, -0.15) is 0 Å². The molecule has 0 radical (unpaired) electrons. The monoisotopic (exact) mass is 432 g/mol. The third-order valence-corrected chi connectivity index (χ3v) is 5.14. The number of anilines is 1. The summed E-state index contributed by atoms with van der Waals surface area (Å²) in [6, 6.07) is 6.02. The van der Waals surface area contributed by atoms with Gasteiger partial charge in [-0.1, -0.05) is 23.5 Å². The molecular formula is C21H24N2O6S. The molecule has 1 atom stereocenters. The maximum atomic E-state index is 13.3. The van der Waals surface area contributed by atoms with Crippen LogP contribution in [0.3, 0.4) is 0 Å². The molecule has 3 rings (SSSR count). The Labute approximate surface area is 178 Å². The largest absolute Gasteiger partial charge is 0.488 e. The number of para-hydroxylation sites is 1. The molecule has 0 saturated heterocycles. The van der Waals surface area contributed by atoms with Gasteiger partial charge in [0.1, 0.15) is 5.57 Å². The molecular weight excluding hydrogens is 408 g/mol. The Hall–Kier alpha value is -2.94. The van der Waals surface area contributed by atoms with Gasteiger partial charge >= 0.3 is 11.9 Å². The van der Waals surface area contributed by atoms with E-state index in [0.29, 0.717) is 5.52 Å². The van der Waals surface area contributed by atoms with Crippen LogP contribution >= 0.6 is 11.3 Å². The average molecular weight is 432 g/mol. The van der Waals surface area contributed by atoms with Gasteiger partial charge in [0.25, 0.3) is 5.91 Å². The summed E-state index contributed by atoms with van der Waals surface area (Å²) in [5.41, 5.74) is 0.512. The van der Waals surface area contributed by atoms with Gasteiger partial charge in [0, 0.05) is 0 Å². The van der Waals surface area contributed by atoms with Crippen molar-refractivity contribution in [3.05, 3.63) is 35.6 Å². The number of carbonyl (C=O) groups is 3. The number of carbonyl (C=O) groups excluding carboxylic acids is 3. The van der Waals surface area contributed by atoms with Gasteiger partial charge in [0.2, 0.25) is 0 Å². The minimum Gasteiger partial charge on any atom is -0.488 e. The molecule has 1 aliphatic heterocycles. The van der Waals surface area contributed by atoms with Gasteiger partial charge < -0.3 is 14.2 Å². The topological polar surface area (TPSA) is 95.0 Å². The van der Waals surface area contributed by atoms with Gasteiger partial charge in [-0.05, 0) is 46.8 Å². The molecule has 0 N–H and O–H groups in total. The number of thiazole rings is 1. The van der Waals surface area contributed by atoms with E-state index in [4.69, 9.17) is 14.2 Å². The Balaban J connectivity index is 2.14. The van der Waals surface area contributed by atoms with Crippen LogP contribution in [0.5, 0.6) is 0 Å². The molecule has 160 valence electrons. The molecule has 8 nitrogen and oxygen atoms in total. The maximum Gasteiger partial charge on any atom is 0.341 e. The van der Waals surface area contributed by atoms with E-state index < -0.39 is 36.1 Å². The van der Waals surface area contributed by atoms with Crippen molar-refractivity contribution in [1.82, 2.24) is 4.98 Å². The second-order valence-corrected chi connectivity index (χ2v) is 8.17. The van der Waals surface area contributed by atoms with Crippen LogP contribution in [0.15, 0.2) is 35.6 Å². The van der Waals surface area contributed by atoms with Crippen molar-refractivity contribution in [3.63, 3.8) is 0 Å². The SMILES string of the molecule is CCOC1=C(C(=O)OC(C)C)C(C(=O)OC(C)C)N(c2nc3ccccc3s2)C1=O. The molecule has 2 heterocycles. The van der Waals surface area contributed by atoms with Crippen LogP contribution in [0.25, 0.3) is 10.2 Å². The van der Waals surface area contributed by atoms with Crippen molar-refractivity contribution in [2.45, 2.75) is 52.9 Å². The lowest BCUT2D eigenvalue weighted by Crippen LogP contribution is -2.44. The molecule has 0 aliphatic carbocycles. The Bertz CT molecular complexity index is 977. The second-order valence-electron chi connectivity index (χ2n) is 7.16. The van der Waals surface area contributed by atoms with E-state index in [-0.39, 0.29) is 23.1 Å². The molecule has 1 amide bonds. The zero-order valence-corrected chi connectivity index (χ0v) is 18.3. The Morgan fingerprint density at radius 1 is 1.13 bits per heavy atom. The summed E-state index contributed by atoms with van der Waals surface area (Å²) in [6.45, 7) is 8.57. The molecule has 1 aromatic heterocycles. The number of fused-ring (bicyclic) bond motifs is 1. The predicted octanol–water partition coefficient (Wildman–Crippen LogP) is 3.21. The highest BCUT2D eigenvalue weighted by Crippen LogP contribution is 2.38. The minimum atomic E-state index is -1.34. The summed E-state index contributed by atoms with van der Waals surface area (Å²) in [6.07, 6.45) is -0.885. The van der Waals surface area contributed by atoms with Crippen molar-refractivity contribution in [2.75, 3.05) is 11.5 Å². The zero-order chi connectivity index (χ0) is 22.0. The third kappa shape index (κ3) is 4.16. The van der Waals surface area contributed by atoms with E-state index in [2.05, 4.69) is 4.98 Å². The van der Waals surface area contributed by atoms with Crippen molar-refractivity contribution >= 4 is 44.5 Å². The summed E-state index contributed by atoms with van der Waals surface area (Å²) < 4.78 is 17.0. The quantitative estimate of drug-likeness (QED) is 0.620.